The second-order valence-electron chi connectivity index (χ2n) is 4.68. The number of carbonyl (C=O) groups is 1. The monoisotopic (exact) mass is 268 g/mol. The highest BCUT2D eigenvalue weighted by atomic mass is 19.1. The highest BCUT2D eigenvalue weighted by Gasteiger charge is 2.30. The van der Waals surface area contributed by atoms with Gasteiger partial charge in [-0.25, -0.2) is 9.18 Å². The van der Waals surface area contributed by atoms with Crippen LogP contribution in [-0.4, -0.2) is 22.0 Å². The Morgan fingerprint density at radius 3 is 2.68 bits per heavy atom. The zero-order valence-electron chi connectivity index (χ0n) is 10.2. The van der Waals surface area contributed by atoms with Gasteiger partial charge < -0.3 is 10.4 Å². The smallest absolute Gasteiger partial charge is 0.338 e. The molecule has 19 heavy (non-hydrogen) atoms. The minimum atomic E-state index is -1.45. The van der Waals surface area contributed by atoms with Gasteiger partial charge in [-0.3, -0.25) is 10.1 Å². The van der Waals surface area contributed by atoms with Crippen LogP contribution in [-0.2, 0) is 0 Å². The molecule has 102 valence electrons. The largest absolute Gasteiger partial charge is 0.478 e. The third-order valence-corrected chi connectivity index (χ3v) is 3.22. The van der Waals surface area contributed by atoms with Crippen LogP contribution >= 0.6 is 0 Å². The quantitative estimate of drug-likeness (QED) is 0.632. The minimum absolute atomic E-state index is 0.00851. The number of nitro groups is 1. The van der Waals surface area contributed by atoms with Gasteiger partial charge in [0.25, 0.3) is 5.69 Å². The summed E-state index contributed by atoms with van der Waals surface area (Å²) >= 11 is 0. The van der Waals surface area contributed by atoms with E-state index in [2.05, 4.69) is 5.32 Å². The van der Waals surface area contributed by atoms with Crippen molar-refractivity contribution >= 4 is 17.3 Å². The molecule has 6 nitrogen and oxygen atoms in total. The van der Waals surface area contributed by atoms with E-state index in [1.54, 1.807) is 0 Å². The van der Waals surface area contributed by atoms with Gasteiger partial charge in [0.2, 0.25) is 0 Å². The molecule has 1 aliphatic rings. The lowest BCUT2D eigenvalue weighted by Crippen LogP contribution is -2.19. The highest BCUT2D eigenvalue weighted by molar-refractivity contribution is 5.90. The maximum atomic E-state index is 13.4. The lowest BCUT2D eigenvalue weighted by Gasteiger charge is -2.15. The van der Waals surface area contributed by atoms with Crippen LogP contribution in [0.1, 0.15) is 30.1 Å². The summed E-state index contributed by atoms with van der Waals surface area (Å²) < 4.78 is 13.4. The molecule has 1 unspecified atom stereocenters. The van der Waals surface area contributed by atoms with Crippen LogP contribution in [0.15, 0.2) is 12.1 Å². The number of hydrogen-bond acceptors (Lipinski definition) is 4. The number of halogens is 1. The molecule has 1 atom stereocenters. The first kappa shape index (κ1) is 13.3. The second kappa shape index (κ2) is 4.83. The molecule has 1 fully saturated rings. The number of anilines is 1. The van der Waals surface area contributed by atoms with Gasteiger partial charge in [0.1, 0.15) is 11.5 Å². The van der Waals surface area contributed by atoms with Crippen molar-refractivity contribution in [3.05, 3.63) is 33.6 Å². The van der Waals surface area contributed by atoms with Gasteiger partial charge >= 0.3 is 5.97 Å². The Morgan fingerprint density at radius 1 is 1.58 bits per heavy atom. The van der Waals surface area contributed by atoms with E-state index in [1.807, 2.05) is 6.92 Å². The van der Waals surface area contributed by atoms with E-state index in [-0.39, 0.29) is 11.7 Å². The average Bonchev–Trinajstić information content (AvgIpc) is 3.14. The summed E-state index contributed by atoms with van der Waals surface area (Å²) in [5.74, 6) is -2.13. The summed E-state index contributed by atoms with van der Waals surface area (Å²) in [4.78, 5) is 21.0. The average molecular weight is 268 g/mol. The standard InChI is InChI=1S/C12H13FN2O4/c1-6(7-2-3-7)14-10-4-8(12(16)17)9(13)5-11(10)15(18)19/h4-7,14H,2-3H2,1H3,(H,16,17). The molecule has 0 heterocycles. The summed E-state index contributed by atoms with van der Waals surface area (Å²) in [6.45, 7) is 1.87. The van der Waals surface area contributed by atoms with E-state index in [0.29, 0.717) is 12.0 Å². The van der Waals surface area contributed by atoms with Crippen molar-refractivity contribution in [2.24, 2.45) is 5.92 Å². The van der Waals surface area contributed by atoms with Crippen molar-refractivity contribution in [2.45, 2.75) is 25.8 Å². The molecule has 1 aromatic carbocycles. The van der Waals surface area contributed by atoms with Crippen molar-refractivity contribution in [1.29, 1.82) is 0 Å². The fourth-order valence-corrected chi connectivity index (χ4v) is 1.95. The molecule has 2 N–H and O–H groups in total. The summed E-state index contributed by atoms with van der Waals surface area (Å²) in [5, 5.41) is 22.6. The van der Waals surface area contributed by atoms with Gasteiger partial charge in [-0.05, 0) is 31.7 Å². The zero-order chi connectivity index (χ0) is 14.2. The van der Waals surface area contributed by atoms with E-state index in [4.69, 9.17) is 5.11 Å². The van der Waals surface area contributed by atoms with Crippen LogP contribution in [0.4, 0.5) is 15.8 Å². The summed E-state index contributed by atoms with van der Waals surface area (Å²) in [5.41, 5.74) is -0.978. The fraction of sp³-hybridized carbons (Fsp3) is 0.417. The fourth-order valence-electron chi connectivity index (χ4n) is 1.95. The topological polar surface area (TPSA) is 92.5 Å². The molecule has 1 aromatic rings. The Bertz CT molecular complexity index is 543. The number of nitrogens with zero attached hydrogens (tertiary/aromatic N) is 1. The van der Waals surface area contributed by atoms with Crippen LogP contribution in [0.25, 0.3) is 0 Å². The molecule has 0 spiro atoms. The Kier molecular flexibility index (Phi) is 3.37. The first-order valence-corrected chi connectivity index (χ1v) is 5.88. The molecular weight excluding hydrogens is 255 g/mol. The summed E-state index contributed by atoms with van der Waals surface area (Å²) in [6.07, 6.45) is 2.07. The number of carboxylic acids is 1. The summed E-state index contributed by atoms with van der Waals surface area (Å²) in [7, 11) is 0. The lowest BCUT2D eigenvalue weighted by atomic mass is 10.1. The number of carboxylic acid groups (broad SMARTS) is 1. The predicted octanol–water partition coefficient (Wildman–Crippen LogP) is 2.64. The van der Waals surface area contributed by atoms with Crippen molar-refractivity contribution in [2.75, 3.05) is 5.32 Å². The SMILES string of the molecule is CC(Nc1cc(C(=O)O)c(F)cc1[N+](=O)[O-])C1CC1. The zero-order valence-corrected chi connectivity index (χ0v) is 10.2. The normalized spacial score (nSPS) is 15.9. The van der Waals surface area contributed by atoms with Crippen molar-refractivity contribution in [1.82, 2.24) is 0 Å². The van der Waals surface area contributed by atoms with Crippen molar-refractivity contribution in [3.8, 4) is 0 Å². The number of benzene rings is 1. The maximum absolute atomic E-state index is 13.4. The van der Waals surface area contributed by atoms with Crippen LogP contribution in [0.5, 0.6) is 0 Å². The number of nitrogens with one attached hydrogen (secondary N) is 1. The third-order valence-electron chi connectivity index (χ3n) is 3.22. The van der Waals surface area contributed by atoms with E-state index in [1.165, 1.54) is 0 Å². The second-order valence-corrected chi connectivity index (χ2v) is 4.68. The van der Waals surface area contributed by atoms with E-state index < -0.39 is 28.0 Å². The highest BCUT2D eigenvalue weighted by Crippen LogP contribution is 2.36. The van der Waals surface area contributed by atoms with E-state index in [9.17, 15) is 19.3 Å². The Balaban J connectivity index is 2.39. The first-order chi connectivity index (χ1) is 8.90. The van der Waals surface area contributed by atoms with Gasteiger partial charge in [-0.1, -0.05) is 0 Å². The van der Waals surface area contributed by atoms with Gasteiger partial charge in [-0.15, -0.1) is 0 Å². The van der Waals surface area contributed by atoms with Crippen LogP contribution in [0.3, 0.4) is 0 Å². The molecule has 0 radical (unpaired) electrons. The predicted molar refractivity (Wildman–Crippen MR) is 65.8 cm³/mol. The summed E-state index contributed by atoms with van der Waals surface area (Å²) in [6, 6.07) is 1.62. The number of nitro benzene ring substituents is 1. The first-order valence-electron chi connectivity index (χ1n) is 5.88. The van der Waals surface area contributed by atoms with Crippen molar-refractivity contribution in [3.63, 3.8) is 0 Å². The van der Waals surface area contributed by atoms with Gasteiger partial charge in [0.05, 0.1) is 16.6 Å². The number of rotatable bonds is 5. The van der Waals surface area contributed by atoms with Crippen LogP contribution in [0.2, 0.25) is 0 Å². The minimum Gasteiger partial charge on any atom is -0.478 e. The van der Waals surface area contributed by atoms with Gasteiger partial charge in [0, 0.05) is 6.04 Å². The molecule has 0 amide bonds. The maximum Gasteiger partial charge on any atom is 0.338 e. The molecule has 1 aliphatic carbocycles. The molecule has 0 aromatic heterocycles. The molecule has 2 rings (SSSR count). The molecule has 1 saturated carbocycles. The Labute approximate surface area is 108 Å². The Morgan fingerprint density at radius 2 is 2.21 bits per heavy atom. The van der Waals surface area contributed by atoms with Crippen LogP contribution in [0, 0.1) is 21.8 Å². The third kappa shape index (κ3) is 2.81. The van der Waals surface area contributed by atoms with E-state index in [0.717, 1.165) is 18.9 Å². The molecular formula is C12H13FN2O4. The van der Waals surface area contributed by atoms with Crippen molar-refractivity contribution < 1.29 is 19.2 Å². The molecule has 0 saturated heterocycles. The molecule has 0 aliphatic heterocycles. The molecule has 7 heteroatoms. The molecule has 0 bridgehead atoms. The van der Waals surface area contributed by atoms with Gasteiger partial charge in [-0.2, -0.15) is 0 Å². The van der Waals surface area contributed by atoms with Gasteiger partial charge in [0.15, 0.2) is 0 Å². The lowest BCUT2D eigenvalue weighted by molar-refractivity contribution is -0.384. The van der Waals surface area contributed by atoms with Crippen LogP contribution < -0.4 is 5.32 Å². The van der Waals surface area contributed by atoms with E-state index >= 15 is 0 Å². The Hall–Kier alpha value is -2.18. The number of aromatic carboxylic acids is 1. The number of hydrogen-bond donors (Lipinski definition) is 2.